The van der Waals surface area contributed by atoms with Crippen LogP contribution < -0.4 is 0 Å². The minimum absolute atomic E-state index is 0.225. The van der Waals surface area contributed by atoms with Gasteiger partial charge in [-0.3, -0.25) is 19.7 Å². The monoisotopic (exact) mass is 364 g/mol. The molecule has 0 aromatic carbocycles. The summed E-state index contributed by atoms with van der Waals surface area (Å²) in [6.45, 7) is 2.30. The number of pyridine rings is 2. The van der Waals surface area contributed by atoms with E-state index < -0.39 is 0 Å². The Bertz CT molecular complexity index is 971. The fourth-order valence-electron chi connectivity index (χ4n) is 4.56. The van der Waals surface area contributed by atoms with Gasteiger partial charge in [0.15, 0.2) is 0 Å². The van der Waals surface area contributed by atoms with Crippen molar-refractivity contribution >= 4 is 28.0 Å². The Kier molecular flexibility index (Phi) is 3.65. The summed E-state index contributed by atoms with van der Waals surface area (Å²) in [7, 11) is 2.15. The average molecular weight is 364 g/mol. The number of ketones is 1. The second kappa shape index (κ2) is 5.93. The summed E-state index contributed by atoms with van der Waals surface area (Å²) in [6.07, 6.45) is 8.02. The van der Waals surface area contributed by atoms with E-state index in [9.17, 15) is 4.79 Å². The molecule has 5 nitrogen and oxygen atoms in total. The van der Waals surface area contributed by atoms with Crippen molar-refractivity contribution < 1.29 is 4.79 Å². The van der Waals surface area contributed by atoms with E-state index >= 15 is 0 Å². The van der Waals surface area contributed by atoms with Crippen LogP contribution in [0, 0.1) is 11.3 Å². The van der Waals surface area contributed by atoms with Crippen molar-refractivity contribution in [1.29, 1.82) is 0 Å². The van der Waals surface area contributed by atoms with Crippen molar-refractivity contribution in [3.8, 4) is 10.4 Å². The van der Waals surface area contributed by atoms with Crippen molar-refractivity contribution in [3.63, 3.8) is 0 Å². The van der Waals surface area contributed by atoms with Crippen LogP contribution in [0.3, 0.4) is 0 Å². The van der Waals surface area contributed by atoms with Crippen LogP contribution in [-0.4, -0.2) is 45.8 Å². The highest BCUT2D eigenvalue weighted by molar-refractivity contribution is 7.13. The van der Waals surface area contributed by atoms with Crippen molar-refractivity contribution in [3.05, 3.63) is 41.9 Å². The van der Waals surface area contributed by atoms with Gasteiger partial charge in [-0.15, -0.1) is 11.3 Å². The lowest BCUT2D eigenvalue weighted by molar-refractivity contribution is -0.139. The molecule has 132 valence electrons. The van der Waals surface area contributed by atoms with Gasteiger partial charge in [0.1, 0.15) is 5.78 Å². The molecule has 0 unspecified atom stereocenters. The summed E-state index contributed by atoms with van der Waals surface area (Å²) >= 11 is 1.60. The molecule has 0 bridgehead atoms. The lowest BCUT2D eigenvalue weighted by atomic mass is 9.56. The SMILES string of the molecule is CN1CC2(CC(C(=O)Cc3cc4cc(-c5cncs5)cnc4cn3)C2)C1. The van der Waals surface area contributed by atoms with E-state index in [0.29, 0.717) is 17.6 Å². The van der Waals surface area contributed by atoms with Gasteiger partial charge in [0.05, 0.1) is 22.1 Å². The zero-order valence-electron chi connectivity index (χ0n) is 14.7. The molecule has 1 saturated heterocycles. The predicted molar refractivity (Wildman–Crippen MR) is 102 cm³/mol. The summed E-state index contributed by atoms with van der Waals surface area (Å²) in [5.41, 5.74) is 5.02. The third kappa shape index (κ3) is 2.73. The first-order valence-electron chi connectivity index (χ1n) is 8.95. The van der Waals surface area contributed by atoms with Gasteiger partial charge in [0, 0.05) is 54.5 Å². The lowest BCUT2D eigenvalue weighted by Crippen LogP contribution is -2.61. The van der Waals surface area contributed by atoms with Crippen LogP contribution in [0.15, 0.2) is 36.2 Å². The summed E-state index contributed by atoms with van der Waals surface area (Å²) < 4.78 is 0. The van der Waals surface area contributed by atoms with Crippen LogP contribution in [0.2, 0.25) is 0 Å². The molecule has 4 heterocycles. The highest BCUT2D eigenvalue weighted by Gasteiger charge is 2.52. The van der Waals surface area contributed by atoms with E-state index in [2.05, 4.69) is 33.0 Å². The summed E-state index contributed by atoms with van der Waals surface area (Å²) in [6, 6.07) is 4.12. The standard InChI is InChI=1S/C20H20N4OS/c1-24-10-20(11-24)5-15(6-20)18(25)4-16-3-13-2-14(19-9-21-12-26-19)7-23-17(13)8-22-16/h2-3,7-9,12,15H,4-6,10-11H2,1H3. The van der Waals surface area contributed by atoms with Gasteiger partial charge < -0.3 is 4.90 Å². The molecule has 2 fully saturated rings. The molecule has 3 aromatic rings. The Morgan fingerprint density at radius 3 is 2.81 bits per heavy atom. The van der Waals surface area contributed by atoms with Crippen molar-refractivity contribution in [2.45, 2.75) is 19.3 Å². The third-order valence-corrected chi connectivity index (χ3v) is 6.54. The first kappa shape index (κ1) is 16.0. The van der Waals surface area contributed by atoms with Crippen LogP contribution in [0.1, 0.15) is 18.5 Å². The predicted octanol–water partition coefficient (Wildman–Crippen LogP) is 3.21. The van der Waals surface area contributed by atoms with Gasteiger partial charge in [0.25, 0.3) is 0 Å². The van der Waals surface area contributed by atoms with Crippen molar-refractivity contribution in [1.82, 2.24) is 19.9 Å². The van der Waals surface area contributed by atoms with Crippen LogP contribution >= 0.6 is 11.3 Å². The molecule has 0 N–H and O–H groups in total. The quantitative estimate of drug-likeness (QED) is 0.711. The Morgan fingerprint density at radius 2 is 2.08 bits per heavy atom. The van der Waals surface area contributed by atoms with Crippen LogP contribution in [0.5, 0.6) is 0 Å². The second-order valence-electron chi connectivity index (χ2n) is 7.88. The molecule has 0 amide bonds. The first-order valence-corrected chi connectivity index (χ1v) is 9.83. The number of aromatic nitrogens is 3. The van der Waals surface area contributed by atoms with E-state index in [-0.39, 0.29) is 5.92 Å². The van der Waals surface area contributed by atoms with Crippen LogP contribution in [0.25, 0.3) is 21.3 Å². The molecule has 5 rings (SSSR count). The first-order chi connectivity index (χ1) is 12.6. The summed E-state index contributed by atoms with van der Waals surface area (Å²) in [4.78, 5) is 29.1. The van der Waals surface area contributed by atoms with Crippen molar-refractivity contribution in [2.24, 2.45) is 11.3 Å². The number of nitrogens with zero attached hydrogens (tertiary/aromatic N) is 4. The maximum atomic E-state index is 12.6. The molecule has 1 spiro atoms. The number of Topliss-reactive ketones (excluding diaryl/α,β-unsaturated/α-hetero) is 1. The topological polar surface area (TPSA) is 59.0 Å². The number of carbonyl (C=O) groups is 1. The average Bonchev–Trinajstić information content (AvgIpc) is 3.10. The van der Waals surface area contributed by atoms with Gasteiger partial charge in [-0.2, -0.15) is 0 Å². The van der Waals surface area contributed by atoms with Crippen LogP contribution in [-0.2, 0) is 11.2 Å². The Labute approximate surface area is 156 Å². The minimum Gasteiger partial charge on any atom is -0.305 e. The molecule has 1 saturated carbocycles. The fourth-order valence-corrected chi connectivity index (χ4v) is 5.16. The molecular formula is C20H20N4OS. The van der Waals surface area contributed by atoms with E-state index in [1.807, 2.05) is 24.0 Å². The number of hydrogen-bond acceptors (Lipinski definition) is 6. The normalized spacial score (nSPS) is 19.4. The van der Waals surface area contributed by atoms with E-state index in [1.165, 1.54) is 0 Å². The molecule has 2 aliphatic rings. The number of likely N-dealkylation sites (tertiary alicyclic amines) is 1. The van der Waals surface area contributed by atoms with Gasteiger partial charge in [-0.05, 0) is 37.4 Å². The molecule has 26 heavy (non-hydrogen) atoms. The largest absolute Gasteiger partial charge is 0.305 e. The summed E-state index contributed by atoms with van der Waals surface area (Å²) in [5, 5.41) is 1.03. The van der Waals surface area contributed by atoms with E-state index in [0.717, 1.165) is 53.0 Å². The zero-order chi connectivity index (χ0) is 17.7. The smallest absolute Gasteiger partial charge is 0.141 e. The number of hydrogen-bond donors (Lipinski definition) is 0. The van der Waals surface area contributed by atoms with Gasteiger partial charge in [-0.1, -0.05) is 0 Å². The Balaban J connectivity index is 1.32. The maximum Gasteiger partial charge on any atom is 0.141 e. The molecule has 0 atom stereocenters. The van der Waals surface area contributed by atoms with Crippen LogP contribution in [0.4, 0.5) is 0 Å². The number of fused-ring (bicyclic) bond motifs is 1. The Hall–Kier alpha value is -2.18. The number of rotatable bonds is 4. The third-order valence-electron chi connectivity index (χ3n) is 5.72. The van der Waals surface area contributed by atoms with Crippen molar-refractivity contribution in [2.75, 3.05) is 20.1 Å². The van der Waals surface area contributed by atoms with E-state index in [1.54, 1.807) is 17.5 Å². The molecule has 1 aliphatic carbocycles. The van der Waals surface area contributed by atoms with Gasteiger partial charge >= 0.3 is 0 Å². The molecule has 6 heteroatoms. The number of carbonyl (C=O) groups excluding carboxylic acids is 1. The minimum atomic E-state index is 0.225. The molecule has 3 aromatic heterocycles. The second-order valence-corrected chi connectivity index (χ2v) is 8.76. The zero-order valence-corrected chi connectivity index (χ0v) is 15.5. The lowest BCUT2D eigenvalue weighted by Gasteiger charge is -2.58. The van der Waals surface area contributed by atoms with E-state index in [4.69, 9.17) is 0 Å². The van der Waals surface area contributed by atoms with Gasteiger partial charge in [-0.25, -0.2) is 0 Å². The molecular weight excluding hydrogens is 344 g/mol. The van der Waals surface area contributed by atoms with Gasteiger partial charge in [0.2, 0.25) is 0 Å². The highest BCUT2D eigenvalue weighted by atomic mass is 32.1. The highest BCUT2D eigenvalue weighted by Crippen LogP contribution is 2.51. The Morgan fingerprint density at radius 1 is 1.23 bits per heavy atom. The maximum absolute atomic E-state index is 12.6. The fraction of sp³-hybridized carbons (Fsp3) is 0.400. The molecule has 0 radical (unpaired) electrons. The molecule has 1 aliphatic heterocycles. The summed E-state index contributed by atoms with van der Waals surface area (Å²) in [5.74, 6) is 0.562. The number of thiazole rings is 1.